The Hall–Kier alpha value is -1.15. The van der Waals surface area contributed by atoms with Gasteiger partial charge in [-0.25, -0.2) is 0 Å². The van der Waals surface area contributed by atoms with E-state index in [2.05, 4.69) is 0 Å². The first-order valence-corrected chi connectivity index (χ1v) is 6.26. The molecule has 1 aliphatic rings. The van der Waals surface area contributed by atoms with E-state index in [4.69, 9.17) is 9.79 Å². The zero-order valence-corrected chi connectivity index (χ0v) is 8.84. The van der Waals surface area contributed by atoms with Crippen molar-refractivity contribution in [2.75, 3.05) is 0 Å². The molecule has 0 aromatic heterocycles. The maximum atomic E-state index is 11.2. The fourth-order valence-corrected chi connectivity index (χ4v) is 2.58. The second-order valence-corrected chi connectivity index (χ2v) is 5.14. The van der Waals surface area contributed by atoms with Gasteiger partial charge in [0.2, 0.25) is 0 Å². The molecule has 1 aromatic rings. The van der Waals surface area contributed by atoms with Crippen molar-refractivity contribution >= 4 is 13.2 Å². The van der Waals surface area contributed by atoms with Crippen LogP contribution < -0.4 is 0 Å². The Labute approximate surface area is 87.9 Å². The average molecular weight is 222 g/mol. The molecular formula is C11H11O3P. The topological polar surface area (TPSA) is 57.5 Å². The minimum absolute atomic E-state index is 0.684. The van der Waals surface area contributed by atoms with Crippen molar-refractivity contribution in [2.45, 2.75) is 5.66 Å². The number of rotatable bonds is 2. The van der Waals surface area contributed by atoms with E-state index in [-0.39, 0.29) is 0 Å². The maximum Gasteiger partial charge on any atom is 0.336 e. The minimum atomic E-state index is -4.09. The third-order valence-electron chi connectivity index (χ3n) is 2.36. The summed E-state index contributed by atoms with van der Waals surface area (Å²) in [5.41, 5.74) is 0.750. The van der Waals surface area contributed by atoms with Gasteiger partial charge in [-0.05, 0) is 11.1 Å². The molecule has 4 heteroatoms. The predicted octanol–water partition coefficient (Wildman–Crippen LogP) is 2.19. The van der Waals surface area contributed by atoms with Gasteiger partial charge < -0.3 is 9.79 Å². The average Bonchev–Trinajstić information content (AvgIpc) is 2.67. The number of allylic oxidation sites excluding steroid dienone is 4. The van der Waals surface area contributed by atoms with Crippen molar-refractivity contribution in [3.8, 4) is 0 Å². The van der Waals surface area contributed by atoms with Crippen LogP contribution >= 0.6 is 7.60 Å². The summed E-state index contributed by atoms with van der Waals surface area (Å²) < 4.78 is 11.2. The zero-order chi connectivity index (χ0) is 10.9. The Morgan fingerprint density at radius 1 is 1.13 bits per heavy atom. The van der Waals surface area contributed by atoms with Crippen LogP contribution in [0.15, 0.2) is 48.6 Å². The zero-order valence-electron chi connectivity index (χ0n) is 7.95. The summed E-state index contributed by atoms with van der Waals surface area (Å²) in [7, 11) is -4.09. The first-order chi connectivity index (χ1) is 7.09. The molecule has 2 rings (SSSR count). The molecule has 1 aliphatic carbocycles. The van der Waals surface area contributed by atoms with E-state index in [9.17, 15) is 4.57 Å². The monoisotopic (exact) mass is 222 g/mol. The Kier molecular flexibility index (Phi) is 2.61. The highest BCUT2D eigenvalue weighted by Crippen LogP contribution is 2.50. The highest BCUT2D eigenvalue weighted by molar-refractivity contribution is 7.53. The molecule has 0 radical (unpaired) electrons. The van der Waals surface area contributed by atoms with Crippen LogP contribution in [-0.4, -0.2) is 15.4 Å². The molecular weight excluding hydrogens is 211 g/mol. The molecule has 1 unspecified atom stereocenters. The third kappa shape index (κ3) is 2.10. The Balaban J connectivity index is 2.37. The van der Waals surface area contributed by atoms with Crippen LogP contribution in [0, 0.1) is 0 Å². The SMILES string of the molecule is O=P(O)(O)C1C=CC=C1c1ccccc1. The van der Waals surface area contributed by atoms with E-state index < -0.39 is 13.3 Å². The van der Waals surface area contributed by atoms with E-state index in [1.54, 1.807) is 18.2 Å². The number of hydrogen-bond acceptors (Lipinski definition) is 1. The maximum absolute atomic E-state index is 11.2. The predicted molar refractivity (Wildman–Crippen MR) is 59.4 cm³/mol. The van der Waals surface area contributed by atoms with Gasteiger partial charge in [0.05, 0.1) is 0 Å². The van der Waals surface area contributed by atoms with Crippen LogP contribution in [0.25, 0.3) is 5.57 Å². The van der Waals surface area contributed by atoms with E-state index >= 15 is 0 Å². The molecule has 1 aromatic carbocycles. The molecule has 3 nitrogen and oxygen atoms in total. The Morgan fingerprint density at radius 2 is 1.80 bits per heavy atom. The van der Waals surface area contributed by atoms with Crippen LogP contribution in [0.4, 0.5) is 0 Å². The van der Waals surface area contributed by atoms with Gasteiger partial charge in [-0.2, -0.15) is 0 Å². The van der Waals surface area contributed by atoms with Gasteiger partial charge in [0, 0.05) is 0 Å². The van der Waals surface area contributed by atoms with Crippen molar-refractivity contribution in [3.05, 3.63) is 54.1 Å². The highest BCUT2D eigenvalue weighted by atomic mass is 31.2. The van der Waals surface area contributed by atoms with Crippen molar-refractivity contribution in [2.24, 2.45) is 0 Å². The summed E-state index contributed by atoms with van der Waals surface area (Å²) in [5.74, 6) is 0. The van der Waals surface area contributed by atoms with Crippen LogP contribution in [0.2, 0.25) is 0 Å². The van der Waals surface area contributed by atoms with Gasteiger partial charge in [0.15, 0.2) is 0 Å². The summed E-state index contributed by atoms with van der Waals surface area (Å²) >= 11 is 0. The molecule has 0 spiro atoms. The lowest BCUT2D eigenvalue weighted by molar-refractivity contribution is 0.371. The van der Waals surface area contributed by atoms with E-state index in [0.29, 0.717) is 5.57 Å². The molecule has 2 N–H and O–H groups in total. The first kappa shape index (κ1) is 10.4. The molecule has 1 atom stereocenters. The first-order valence-electron chi connectivity index (χ1n) is 4.58. The molecule has 0 saturated heterocycles. The highest BCUT2D eigenvalue weighted by Gasteiger charge is 2.32. The molecule has 0 saturated carbocycles. The lowest BCUT2D eigenvalue weighted by Gasteiger charge is -2.15. The second-order valence-electron chi connectivity index (χ2n) is 3.41. The largest absolute Gasteiger partial charge is 0.336 e. The molecule has 0 amide bonds. The lowest BCUT2D eigenvalue weighted by atomic mass is 10.1. The van der Waals surface area contributed by atoms with Crippen LogP contribution in [-0.2, 0) is 4.57 Å². The minimum Gasteiger partial charge on any atom is -0.324 e. The molecule has 0 fully saturated rings. The quantitative estimate of drug-likeness (QED) is 0.754. The van der Waals surface area contributed by atoms with Gasteiger partial charge in [0.1, 0.15) is 5.66 Å². The molecule has 0 bridgehead atoms. The van der Waals surface area contributed by atoms with Gasteiger partial charge in [0.25, 0.3) is 0 Å². The third-order valence-corrected chi connectivity index (χ3v) is 3.53. The van der Waals surface area contributed by atoms with Gasteiger partial charge in [-0.3, -0.25) is 4.57 Å². The number of benzene rings is 1. The molecule has 0 aliphatic heterocycles. The normalized spacial score (nSPS) is 20.4. The van der Waals surface area contributed by atoms with E-state index in [1.165, 1.54) is 0 Å². The smallest absolute Gasteiger partial charge is 0.324 e. The summed E-state index contributed by atoms with van der Waals surface area (Å²) in [6.45, 7) is 0. The van der Waals surface area contributed by atoms with E-state index in [1.807, 2.05) is 30.3 Å². The Morgan fingerprint density at radius 3 is 2.40 bits per heavy atom. The van der Waals surface area contributed by atoms with Crippen molar-refractivity contribution < 1.29 is 14.4 Å². The molecule has 15 heavy (non-hydrogen) atoms. The fourth-order valence-electron chi connectivity index (χ4n) is 1.66. The van der Waals surface area contributed by atoms with Gasteiger partial charge >= 0.3 is 7.60 Å². The molecule has 0 heterocycles. The lowest BCUT2D eigenvalue weighted by Crippen LogP contribution is -2.05. The van der Waals surface area contributed by atoms with Crippen molar-refractivity contribution in [1.29, 1.82) is 0 Å². The molecule has 78 valence electrons. The van der Waals surface area contributed by atoms with Crippen LogP contribution in [0.3, 0.4) is 0 Å². The van der Waals surface area contributed by atoms with Gasteiger partial charge in [-0.1, -0.05) is 48.6 Å². The summed E-state index contributed by atoms with van der Waals surface area (Å²) in [4.78, 5) is 18.3. The van der Waals surface area contributed by atoms with Gasteiger partial charge in [-0.15, -0.1) is 0 Å². The van der Waals surface area contributed by atoms with Crippen LogP contribution in [0.1, 0.15) is 5.56 Å². The van der Waals surface area contributed by atoms with Crippen molar-refractivity contribution in [3.63, 3.8) is 0 Å². The number of hydrogen-bond donors (Lipinski definition) is 2. The summed E-state index contributed by atoms with van der Waals surface area (Å²) in [6, 6.07) is 9.28. The standard InChI is InChI=1S/C11H11O3P/c12-15(13,14)11-8-4-7-10(11)9-5-2-1-3-6-9/h1-8,11H,(H2,12,13,14). The fraction of sp³-hybridized carbons (Fsp3) is 0.0909. The van der Waals surface area contributed by atoms with Crippen LogP contribution in [0.5, 0.6) is 0 Å². The summed E-state index contributed by atoms with van der Waals surface area (Å²) in [5, 5.41) is 0. The van der Waals surface area contributed by atoms with E-state index in [0.717, 1.165) is 5.56 Å². The van der Waals surface area contributed by atoms with Crippen molar-refractivity contribution in [1.82, 2.24) is 0 Å². The Bertz CT molecular complexity index is 456. The second kappa shape index (κ2) is 3.78. The summed E-state index contributed by atoms with van der Waals surface area (Å²) in [6.07, 6.45) is 4.98.